The summed E-state index contributed by atoms with van der Waals surface area (Å²) in [6, 6.07) is 3.64. The third-order valence-electron chi connectivity index (χ3n) is 2.67. The van der Waals surface area contributed by atoms with Gasteiger partial charge < -0.3 is 15.0 Å². The topological polar surface area (TPSA) is 54.5 Å². The van der Waals surface area contributed by atoms with Gasteiger partial charge in [-0.05, 0) is 19.1 Å². The molecule has 17 heavy (non-hydrogen) atoms. The Kier molecular flexibility index (Phi) is 3.93. The normalized spacial score (nSPS) is 15.7. The fraction of sp³-hybridized carbons (Fsp3) is 0.500. The van der Waals surface area contributed by atoms with Crippen LogP contribution in [0.2, 0.25) is 0 Å². The molecule has 5 heteroatoms. The molecule has 0 spiro atoms. The minimum Gasteiger partial charge on any atom is -0.378 e. The summed E-state index contributed by atoms with van der Waals surface area (Å²) in [6.45, 7) is 5.39. The van der Waals surface area contributed by atoms with Crippen molar-refractivity contribution in [1.29, 1.82) is 0 Å². The molecule has 1 aliphatic heterocycles. The van der Waals surface area contributed by atoms with Crippen molar-refractivity contribution >= 4 is 11.7 Å². The number of amides is 1. The molecule has 2 rings (SSSR count). The monoisotopic (exact) mass is 235 g/mol. The van der Waals surface area contributed by atoms with E-state index in [1.807, 2.05) is 19.1 Å². The highest BCUT2D eigenvalue weighted by Gasteiger charge is 2.18. The number of ether oxygens (including phenoxy) is 1. The van der Waals surface area contributed by atoms with Crippen molar-refractivity contribution in [2.75, 3.05) is 38.2 Å². The van der Waals surface area contributed by atoms with E-state index in [1.165, 1.54) is 0 Å². The Hall–Kier alpha value is -1.62. The predicted octanol–water partition coefficient (Wildman–Crippen LogP) is 0.986. The van der Waals surface area contributed by atoms with Gasteiger partial charge in [0.25, 0.3) is 5.91 Å². The molecule has 1 aliphatic rings. The van der Waals surface area contributed by atoms with E-state index in [4.69, 9.17) is 4.74 Å². The van der Waals surface area contributed by atoms with Crippen LogP contribution in [0.3, 0.4) is 0 Å². The number of carbonyl (C=O) groups is 1. The lowest BCUT2D eigenvalue weighted by atomic mass is 10.2. The van der Waals surface area contributed by atoms with Crippen molar-refractivity contribution in [2.24, 2.45) is 0 Å². The van der Waals surface area contributed by atoms with Crippen molar-refractivity contribution in [1.82, 2.24) is 9.88 Å². The Morgan fingerprint density at radius 1 is 1.47 bits per heavy atom. The van der Waals surface area contributed by atoms with Crippen molar-refractivity contribution in [3.63, 3.8) is 0 Å². The van der Waals surface area contributed by atoms with Crippen LogP contribution in [-0.2, 0) is 4.74 Å². The second-order valence-electron chi connectivity index (χ2n) is 3.87. The summed E-state index contributed by atoms with van der Waals surface area (Å²) in [6.07, 6.45) is 1.62. The van der Waals surface area contributed by atoms with Crippen LogP contribution in [0.1, 0.15) is 17.3 Å². The minimum absolute atomic E-state index is 0.0313. The number of hydrogen-bond acceptors (Lipinski definition) is 4. The average Bonchev–Trinajstić information content (AvgIpc) is 2.40. The molecule has 1 aromatic heterocycles. The fourth-order valence-corrected chi connectivity index (χ4v) is 1.76. The van der Waals surface area contributed by atoms with Crippen molar-refractivity contribution in [3.05, 3.63) is 23.9 Å². The van der Waals surface area contributed by atoms with Gasteiger partial charge in [-0.3, -0.25) is 4.79 Å². The molecule has 1 aromatic rings. The first-order valence-electron chi connectivity index (χ1n) is 5.88. The summed E-state index contributed by atoms with van der Waals surface area (Å²) in [4.78, 5) is 18.1. The maximum Gasteiger partial charge on any atom is 0.255 e. The third-order valence-corrected chi connectivity index (χ3v) is 2.67. The molecule has 1 fully saturated rings. The standard InChI is InChI=1S/C12H17N3O2/c1-2-13-11-4-3-10(9-14-11)12(16)15-5-7-17-8-6-15/h3-4,9H,2,5-8H2,1H3,(H,13,14). The molecular weight excluding hydrogens is 218 g/mol. The molecule has 5 nitrogen and oxygen atoms in total. The van der Waals surface area contributed by atoms with E-state index in [2.05, 4.69) is 10.3 Å². The van der Waals surface area contributed by atoms with Gasteiger partial charge in [-0.15, -0.1) is 0 Å². The zero-order valence-electron chi connectivity index (χ0n) is 9.98. The van der Waals surface area contributed by atoms with Crippen LogP contribution in [0.25, 0.3) is 0 Å². The quantitative estimate of drug-likeness (QED) is 0.848. The van der Waals surface area contributed by atoms with Gasteiger partial charge in [0.05, 0.1) is 18.8 Å². The van der Waals surface area contributed by atoms with E-state index in [1.54, 1.807) is 11.1 Å². The van der Waals surface area contributed by atoms with Crippen LogP contribution in [0.4, 0.5) is 5.82 Å². The summed E-state index contributed by atoms with van der Waals surface area (Å²) in [7, 11) is 0. The Bertz CT molecular complexity index is 372. The van der Waals surface area contributed by atoms with Gasteiger partial charge in [0.2, 0.25) is 0 Å². The molecule has 0 radical (unpaired) electrons. The highest BCUT2D eigenvalue weighted by molar-refractivity contribution is 5.94. The number of rotatable bonds is 3. The summed E-state index contributed by atoms with van der Waals surface area (Å²) < 4.78 is 5.22. The van der Waals surface area contributed by atoms with Crippen LogP contribution >= 0.6 is 0 Å². The van der Waals surface area contributed by atoms with Crippen LogP contribution in [0, 0.1) is 0 Å². The molecular formula is C12H17N3O2. The zero-order chi connectivity index (χ0) is 12.1. The Morgan fingerprint density at radius 2 is 2.24 bits per heavy atom. The first kappa shape index (κ1) is 11.9. The lowest BCUT2D eigenvalue weighted by Crippen LogP contribution is -2.40. The second kappa shape index (κ2) is 5.63. The van der Waals surface area contributed by atoms with Crippen molar-refractivity contribution in [3.8, 4) is 0 Å². The largest absolute Gasteiger partial charge is 0.378 e. The molecule has 1 N–H and O–H groups in total. The SMILES string of the molecule is CCNc1ccc(C(=O)N2CCOCC2)cn1. The minimum atomic E-state index is 0.0313. The van der Waals surface area contributed by atoms with Gasteiger partial charge >= 0.3 is 0 Å². The maximum absolute atomic E-state index is 12.1. The number of hydrogen-bond donors (Lipinski definition) is 1. The molecule has 0 saturated carbocycles. The first-order chi connectivity index (χ1) is 8.31. The van der Waals surface area contributed by atoms with E-state index >= 15 is 0 Å². The molecule has 0 unspecified atom stereocenters. The Morgan fingerprint density at radius 3 is 2.82 bits per heavy atom. The van der Waals surface area contributed by atoms with E-state index < -0.39 is 0 Å². The molecule has 1 amide bonds. The van der Waals surface area contributed by atoms with Gasteiger partial charge in [0.15, 0.2) is 0 Å². The number of nitrogens with one attached hydrogen (secondary N) is 1. The Labute approximate surface area is 101 Å². The average molecular weight is 235 g/mol. The summed E-state index contributed by atoms with van der Waals surface area (Å²) >= 11 is 0. The van der Waals surface area contributed by atoms with Crippen LogP contribution in [0.5, 0.6) is 0 Å². The number of aromatic nitrogens is 1. The summed E-state index contributed by atoms with van der Waals surface area (Å²) in [5, 5.41) is 3.10. The number of nitrogens with zero attached hydrogens (tertiary/aromatic N) is 2. The summed E-state index contributed by atoms with van der Waals surface area (Å²) in [5.41, 5.74) is 0.633. The Balaban J connectivity index is 2.03. The number of anilines is 1. The lowest BCUT2D eigenvalue weighted by molar-refractivity contribution is 0.0302. The van der Waals surface area contributed by atoms with Gasteiger partial charge in [0, 0.05) is 25.8 Å². The molecule has 2 heterocycles. The molecule has 0 aromatic carbocycles. The smallest absolute Gasteiger partial charge is 0.255 e. The van der Waals surface area contributed by atoms with E-state index in [0.717, 1.165) is 12.4 Å². The molecule has 0 bridgehead atoms. The fourth-order valence-electron chi connectivity index (χ4n) is 1.76. The molecule has 92 valence electrons. The predicted molar refractivity (Wildman–Crippen MR) is 65.1 cm³/mol. The van der Waals surface area contributed by atoms with E-state index in [9.17, 15) is 4.79 Å². The molecule has 0 atom stereocenters. The maximum atomic E-state index is 12.1. The molecule has 1 saturated heterocycles. The van der Waals surface area contributed by atoms with Gasteiger partial charge in [-0.1, -0.05) is 0 Å². The lowest BCUT2D eigenvalue weighted by Gasteiger charge is -2.26. The van der Waals surface area contributed by atoms with Gasteiger partial charge in [-0.2, -0.15) is 0 Å². The number of morpholine rings is 1. The van der Waals surface area contributed by atoms with Crippen molar-refractivity contribution in [2.45, 2.75) is 6.92 Å². The van der Waals surface area contributed by atoms with Crippen LogP contribution < -0.4 is 5.32 Å². The van der Waals surface area contributed by atoms with Crippen LogP contribution in [0.15, 0.2) is 18.3 Å². The van der Waals surface area contributed by atoms with Gasteiger partial charge in [0.1, 0.15) is 5.82 Å². The second-order valence-corrected chi connectivity index (χ2v) is 3.87. The van der Waals surface area contributed by atoms with Crippen molar-refractivity contribution < 1.29 is 9.53 Å². The highest BCUT2D eigenvalue weighted by atomic mass is 16.5. The van der Waals surface area contributed by atoms with E-state index in [-0.39, 0.29) is 5.91 Å². The summed E-state index contributed by atoms with van der Waals surface area (Å²) in [5.74, 6) is 0.829. The molecule has 0 aliphatic carbocycles. The zero-order valence-corrected chi connectivity index (χ0v) is 9.98. The number of carbonyl (C=O) groups excluding carboxylic acids is 1. The number of pyridine rings is 1. The highest BCUT2D eigenvalue weighted by Crippen LogP contribution is 2.09. The first-order valence-corrected chi connectivity index (χ1v) is 5.88. The third kappa shape index (κ3) is 2.94. The van der Waals surface area contributed by atoms with E-state index in [0.29, 0.717) is 31.9 Å². The van der Waals surface area contributed by atoms with Gasteiger partial charge in [-0.25, -0.2) is 4.98 Å². The van der Waals surface area contributed by atoms with Crippen LogP contribution in [-0.4, -0.2) is 48.6 Å².